The van der Waals surface area contributed by atoms with Crippen molar-refractivity contribution in [2.75, 3.05) is 7.11 Å². The van der Waals surface area contributed by atoms with E-state index >= 15 is 0 Å². The van der Waals surface area contributed by atoms with Gasteiger partial charge in [0.1, 0.15) is 11.7 Å². The lowest BCUT2D eigenvalue weighted by atomic mass is 10.0. The zero-order valence-electron chi connectivity index (χ0n) is 9.34. The molecule has 0 radical (unpaired) electrons. The average Bonchev–Trinajstić information content (AvgIpc) is 3.00. The molecule has 16 heavy (non-hydrogen) atoms. The van der Waals surface area contributed by atoms with Crippen LogP contribution in [-0.2, 0) is 14.3 Å². The fourth-order valence-electron chi connectivity index (χ4n) is 1.67. The number of rotatable bonds is 3. The molecule has 0 aliphatic carbocycles. The largest absolute Gasteiger partial charge is 0.466 e. The molecule has 1 aromatic carbocycles. The molecule has 2 rings (SSSR count). The van der Waals surface area contributed by atoms with Crippen molar-refractivity contribution < 1.29 is 14.3 Å². The Morgan fingerprint density at radius 2 is 2.12 bits per heavy atom. The van der Waals surface area contributed by atoms with Crippen LogP contribution < -0.4 is 0 Å². The van der Waals surface area contributed by atoms with E-state index in [-0.39, 0.29) is 17.7 Å². The van der Waals surface area contributed by atoms with E-state index in [9.17, 15) is 4.79 Å². The second-order valence-electron chi connectivity index (χ2n) is 3.95. The van der Waals surface area contributed by atoms with E-state index in [1.165, 1.54) is 13.2 Å². The average molecular weight is 218 g/mol. The van der Waals surface area contributed by atoms with Crippen molar-refractivity contribution >= 4 is 5.97 Å². The molecule has 0 amide bonds. The lowest BCUT2D eigenvalue weighted by Crippen LogP contribution is -2.03. The van der Waals surface area contributed by atoms with E-state index in [1.807, 2.05) is 37.3 Å². The Morgan fingerprint density at radius 3 is 2.75 bits per heavy atom. The van der Waals surface area contributed by atoms with Crippen LogP contribution in [-0.4, -0.2) is 18.7 Å². The second kappa shape index (κ2) is 4.10. The highest BCUT2D eigenvalue weighted by molar-refractivity contribution is 5.82. The fourth-order valence-corrected chi connectivity index (χ4v) is 1.67. The summed E-state index contributed by atoms with van der Waals surface area (Å²) in [5.74, 6) is -0.358. The Balaban J connectivity index is 2.04. The van der Waals surface area contributed by atoms with Crippen molar-refractivity contribution in [2.45, 2.75) is 18.6 Å². The van der Waals surface area contributed by atoms with E-state index in [0.29, 0.717) is 0 Å². The van der Waals surface area contributed by atoms with Crippen LogP contribution >= 0.6 is 0 Å². The van der Waals surface area contributed by atoms with Gasteiger partial charge in [-0.3, -0.25) is 0 Å². The Morgan fingerprint density at radius 1 is 1.44 bits per heavy atom. The standard InChI is InChI=1S/C13H14O3/c1-13(9-8-11(14)15-2)12(16-13)10-6-4-3-5-7-10/h3-9,12H,1-2H3/b9-8+. The van der Waals surface area contributed by atoms with Gasteiger partial charge in [0.25, 0.3) is 0 Å². The molecule has 2 unspecified atom stereocenters. The molecule has 0 bridgehead atoms. The summed E-state index contributed by atoms with van der Waals surface area (Å²) >= 11 is 0. The van der Waals surface area contributed by atoms with Gasteiger partial charge in [0.2, 0.25) is 0 Å². The number of esters is 1. The smallest absolute Gasteiger partial charge is 0.330 e. The van der Waals surface area contributed by atoms with E-state index in [1.54, 1.807) is 6.08 Å². The summed E-state index contributed by atoms with van der Waals surface area (Å²) in [6.45, 7) is 1.95. The third kappa shape index (κ3) is 2.14. The molecule has 1 aliphatic rings. The maximum Gasteiger partial charge on any atom is 0.330 e. The Labute approximate surface area is 94.7 Å². The minimum Gasteiger partial charge on any atom is -0.466 e. The first-order valence-corrected chi connectivity index (χ1v) is 5.16. The molecule has 0 aromatic heterocycles. The number of methoxy groups -OCH3 is 1. The summed E-state index contributed by atoms with van der Waals surface area (Å²) in [7, 11) is 1.36. The molecule has 1 aromatic rings. The number of ether oxygens (including phenoxy) is 2. The van der Waals surface area contributed by atoms with Crippen molar-refractivity contribution in [3.05, 3.63) is 48.0 Å². The second-order valence-corrected chi connectivity index (χ2v) is 3.95. The zero-order chi connectivity index (χ0) is 11.6. The number of carbonyl (C=O) groups excluding carboxylic acids is 1. The first kappa shape index (κ1) is 10.9. The summed E-state index contributed by atoms with van der Waals surface area (Å²) in [5, 5.41) is 0. The van der Waals surface area contributed by atoms with Gasteiger partial charge in [-0.15, -0.1) is 0 Å². The number of hydrogen-bond acceptors (Lipinski definition) is 3. The number of benzene rings is 1. The molecule has 84 valence electrons. The van der Waals surface area contributed by atoms with Crippen LogP contribution in [0, 0.1) is 0 Å². The third-order valence-electron chi connectivity index (χ3n) is 2.69. The Hall–Kier alpha value is -1.61. The van der Waals surface area contributed by atoms with Crippen molar-refractivity contribution in [1.29, 1.82) is 0 Å². The van der Waals surface area contributed by atoms with E-state index < -0.39 is 0 Å². The molecule has 3 nitrogen and oxygen atoms in total. The van der Waals surface area contributed by atoms with Gasteiger partial charge in [-0.2, -0.15) is 0 Å². The van der Waals surface area contributed by atoms with Crippen LogP contribution in [0.2, 0.25) is 0 Å². The molecule has 1 fully saturated rings. The summed E-state index contributed by atoms with van der Waals surface area (Å²) in [5.41, 5.74) is 0.745. The molecule has 1 heterocycles. The molecule has 0 spiro atoms. The van der Waals surface area contributed by atoms with Gasteiger partial charge in [-0.1, -0.05) is 30.3 Å². The number of hydrogen-bond donors (Lipinski definition) is 0. The van der Waals surface area contributed by atoms with Crippen molar-refractivity contribution in [2.24, 2.45) is 0 Å². The maximum atomic E-state index is 11.0. The molecule has 3 heteroatoms. The van der Waals surface area contributed by atoms with Crippen LogP contribution in [0.25, 0.3) is 0 Å². The third-order valence-corrected chi connectivity index (χ3v) is 2.69. The van der Waals surface area contributed by atoms with Crippen LogP contribution in [0.15, 0.2) is 42.5 Å². The van der Waals surface area contributed by atoms with Crippen molar-refractivity contribution in [3.63, 3.8) is 0 Å². The first-order chi connectivity index (χ1) is 7.65. The van der Waals surface area contributed by atoms with Crippen molar-refractivity contribution in [3.8, 4) is 0 Å². The van der Waals surface area contributed by atoms with Gasteiger partial charge in [0.05, 0.1) is 7.11 Å². The SMILES string of the molecule is COC(=O)/C=C/C1(C)OC1c1ccccc1. The van der Waals surface area contributed by atoms with E-state index in [4.69, 9.17) is 4.74 Å². The molecular formula is C13H14O3. The predicted molar refractivity (Wildman–Crippen MR) is 59.8 cm³/mol. The molecule has 1 saturated heterocycles. The lowest BCUT2D eigenvalue weighted by molar-refractivity contribution is -0.134. The van der Waals surface area contributed by atoms with Gasteiger partial charge >= 0.3 is 5.97 Å². The minimum absolute atomic E-state index is 0.0367. The normalized spacial score (nSPS) is 28.0. The van der Waals surface area contributed by atoms with Crippen LogP contribution in [0.5, 0.6) is 0 Å². The van der Waals surface area contributed by atoms with Gasteiger partial charge in [-0.05, 0) is 18.6 Å². The van der Waals surface area contributed by atoms with Gasteiger partial charge in [0, 0.05) is 6.08 Å². The highest BCUT2D eigenvalue weighted by Gasteiger charge is 2.51. The first-order valence-electron chi connectivity index (χ1n) is 5.16. The lowest BCUT2D eigenvalue weighted by Gasteiger charge is -1.99. The van der Waals surface area contributed by atoms with Gasteiger partial charge in [0.15, 0.2) is 0 Å². The van der Waals surface area contributed by atoms with Gasteiger partial charge in [-0.25, -0.2) is 4.79 Å². The monoisotopic (exact) mass is 218 g/mol. The molecule has 0 saturated carbocycles. The summed E-state index contributed by atoms with van der Waals surface area (Å²) in [4.78, 5) is 11.0. The molecular weight excluding hydrogens is 204 g/mol. The van der Waals surface area contributed by atoms with Crippen LogP contribution in [0.1, 0.15) is 18.6 Å². The van der Waals surface area contributed by atoms with E-state index in [0.717, 1.165) is 5.56 Å². The van der Waals surface area contributed by atoms with Crippen molar-refractivity contribution in [1.82, 2.24) is 0 Å². The predicted octanol–water partition coefficient (Wildman–Crippen LogP) is 2.25. The quantitative estimate of drug-likeness (QED) is 0.443. The fraction of sp³-hybridized carbons (Fsp3) is 0.308. The highest BCUT2D eigenvalue weighted by atomic mass is 16.6. The number of carbonyl (C=O) groups is 1. The Kier molecular flexibility index (Phi) is 2.79. The Bertz CT molecular complexity index is 410. The molecule has 1 aliphatic heterocycles. The maximum absolute atomic E-state index is 11.0. The summed E-state index contributed by atoms with van der Waals surface area (Å²) < 4.78 is 10.1. The number of epoxide rings is 1. The summed E-state index contributed by atoms with van der Waals surface area (Å²) in [6, 6.07) is 9.94. The van der Waals surface area contributed by atoms with Crippen LogP contribution in [0.4, 0.5) is 0 Å². The topological polar surface area (TPSA) is 38.8 Å². The van der Waals surface area contributed by atoms with Gasteiger partial charge < -0.3 is 9.47 Å². The molecule has 0 N–H and O–H groups in total. The van der Waals surface area contributed by atoms with E-state index in [2.05, 4.69) is 4.74 Å². The van der Waals surface area contributed by atoms with Crippen LogP contribution in [0.3, 0.4) is 0 Å². The summed E-state index contributed by atoms with van der Waals surface area (Å²) in [6.07, 6.45) is 3.19. The highest BCUT2D eigenvalue weighted by Crippen LogP contribution is 2.50. The molecule has 2 atom stereocenters. The zero-order valence-corrected chi connectivity index (χ0v) is 9.34. The minimum atomic E-state index is -0.379.